The van der Waals surface area contributed by atoms with Gasteiger partial charge in [-0.2, -0.15) is 0 Å². The zero-order valence-electron chi connectivity index (χ0n) is 19.4. The Kier molecular flexibility index (Phi) is 7.81. The van der Waals surface area contributed by atoms with E-state index in [-0.39, 0.29) is 18.3 Å². The summed E-state index contributed by atoms with van der Waals surface area (Å²) < 4.78 is 5.41. The van der Waals surface area contributed by atoms with Crippen molar-refractivity contribution >= 4 is 35.3 Å². The van der Waals surface area contributed by atoms with Crippen molar-refractivity contribution in [1.82, 2.24) is 4.98 Å². The van der Waals surface area contributed by atoms with Crippen LogP contribution in [0, 0.1) is 39.0 Å². The van der Waals surface area contributed by atoms with Gasteiger partial charge in [-0.15, -0.1) is 30.2 Å². The van der Waals surface area contributed by atoms with Crippen LogP contribution in [0.5, 0.6) is 5.75 Å². The molecule has 0 aliphatic heterocycles. The van der Waals surface area contributed by atoms with Crippen LogP contribution in [0.15, 0.2) is 36.4 Å². The van der Waals surface area contributed by atoms with Crippen molar-refractivity contribution in [3.8, 4) is 29.4 Å². The molecule has 2 N–H and O–H groups in total. The zero-order chi connectivity index (χ0) is 23.0. The van der Waals surface area contributed by atoms with E-state index in [0.29, 0.717) is 10.9 Å². The highest BCUT2D eigenvalue weighted by Crippen LogP contribution is 2.47. The second kappa shape index (κ2) is 10.1. The summed E-state index contributed by atoms with van der Waals surface area (Å²) in [5.74, 6) is 4.39. The molecule has 6 heteroatoms. The molecule has 0 radical (unpaired) electrons. The lowest BCUT2D eigenvalue weighted by atomic mass is 9.77. The summed E-state index contributed by atoms with van der Waals surface area (Å²) in [5.41, 5.74) is 11.2. The number of aromatic nitrogens is 1. The quantitative estimate of drug-likeness (QED) is 0.349. The van der Waals surface area contributed by atoms with Crippen LogP contribution in [0.25, 0.3) is 11.3 Å². The van der Waals surface area contributed by atoms with Gasteiger partial charge in [-0.05, 0) is 56.4 Å². The summed E-state index contributed by atoms with van der Waals surface area (Å²) in [6.45, 7) is 6.14. The van der Waals surface area contributed by atoms with E-state index < -0.39 is 5.54 Å². The minimum absolute atomic E-state index is 0. The average Bonchev–Trinajstić information content (AvgIpc) is 3.53. The number of thiazole rings is 1. The maximum Gasteiger partial charge on any atom is 0.136 e. The minimum atomic E-state index is -0.987. The maximum absolute atomic E-state index is 7.04. The summed E-state index contributed by atoms with van der Waals surface area (Å²) in [5, 5.41) is 1.37. The van der Waals surface area contributed by atoms with Crippen LogP contribution in [0.2, 0.25) is 5.02 Å². The minimum Gasteiger partial charge on any atom is -0.496 e. The van der Waals surface area contributed by atoms with Gasteiger partial charge in [0.25, 0.3) is 0 Å². The molecule has 1 aliphatic carbocycles. The van der Waals surface area contributed by atoms with E-state index in [4.69, 9.17) is 33.5 Å². The molecule has 1 unspecified atom stereocenters. The lowest BCUT2D eigenvalue weighted by molar-refractivity contribution is 0.409. The number of nitrogens with two attached hydrogens (primary N) is 1. The van der Waals surface area contributed by atoms with Crippen molar-refractivity contribution in [1.29, 1.82) is 0 Å². The van der Waals surface area contributed by atoms with Crippen LogP contribution in [-0.4, -0.2) is 12.1 Å². The molecule has 0 bridgehead atoms. The molecule has 4 rings (SSSR count). The number of nitrogens with zero attached hydrogens (tertiary/aromatic N) is 1. The van der Waals surface area contributed by atoms with Gasteiger partial charge in [0, 0.05) is 16.4 Å². The van der Waals surface area contributed by atoms with E-state index in [1.165, 1.54) is 24.0 Å². The molecule has 3 nitrogen and oxygen atoms in total. The normalized spacial score (nSPS) is 15.8. The van der Waals surface area contributed by atoms with E-state index in [0.717, 1.165) is 38.9 Å². The van der Waals surface area contributed by atoms with E-state index >= 15 is 0 Å². The van der Waals surface area contributed by atoms with Gasteiger partial charge in [0.05, 0.1) is 17.8 Å². The summed E-state index contributed by atoms with van der Waals surface area (Å²) in [7, 11) is 1.64. The number of aryl methyl sites for hydroxylation is 3. The Hall–Kier alpha value is -2.03. The molecule has 0 amide bonds. The van der Waals surface area contributed by atoms with Crippen molar-refractivity contribution in [3.05, 3.63) is 68.0 Å². The Morgan fingerprint density at radius 2 is 1.91 bits per heavy atom. The molecule has 1 heterocycles. The fourth-order valence-corrected chi connectivity index (χ4v) is 5.56. The number of benzene rings is 2. The van der Waals surface area contributed by atoms with Crippen LogP contribution >= 0.6 is 35.3 Å². The van der Waals surface area contributed by atoms with Gasteiger partial charge < -0.3 is 10.5 Å². The van der Waals surface area contributed by atoms with Gasteiger partial charge in [-0.3, -0.25) is 0 Å². The number of halogens is 2. The molecular formula is C27H30Cl2N2OS. The van der Waals surface area contributed by atoms with Gasteiger partial charge in [0.2, 0.25) is 0 Å². The van der Waals surface area contributed by atoms with Gasteiger partial charge in [-0.1, -0.05) is 60.2 Å². The third-order valence-corrected chi connectivity index (χ3v) is 7.86. The Morgan fingerprint density at radius 3 is 2.48 bits per heavy atom. The molecular weight excluding hydrogens is 471 g/mol. The summed E-state index contributed by atoms with van der Waals surface area (Å²) in [4.78, 5) is 6.04. The standard InChI is InChI=1S/C27H29ClN2OS.ClH/c1-6-27(29,22(14-19-9-10-19)20-11-7-16(2)8-12-20)26-30-25(18(4)32-26)21-13-17(3)24(31-5)15-23(21)28;/h1,7-8,11-13,15,19,22H,9-10,14,29H2,2-5H3;1H/t22-,27?;/m0./s1. The third kappa shape index (κ3) is 5.08. The number of terminal acetylenes is 1. The van der Waals surface area contributed by atoms with Crippen LogP contribution < -0.4 is 10.5 Å². The van der Waals surface area contributed by atoms with Gasteiger partial charge >= 0.3 is 0 Å². The van der Waals surface area contributed by atoms with Crippen LogP contribution in [0.1, 0.15) is 51.8 Å². The highest BCUT2D eigenvalue weighted by molar-refractivity contribution is 7.12. The summed E-state index contributed by atoms with van der Waals surface area (Å²) >= 11 is 8.18. The number of rotatable bonds is 7. The number of hydrogen-bond donors (Lipinski definition) is 1. The van der Waals surface area contributed by atoms with Crippen molar-refractivity contribution in [3.63, 3.8) is 0 Å². The summed E-state index contributed by atoms with van der Waals surface area (Å²) in [6.07, 6.45) is 9.60. The molecule has 1 aliphatic rings. The molecule has 33 heavy (non-hydrogen) atoms. The van der Waals surface area contributed by atoms with Crippen molar-refractivity contribution < 1.29 is 4.74 Å². The Balaban J connectivity index is 0.00000306. The van der Waals surface area contributed by atoms with Crippen molar-refractivity contribution in [2.24, 2.45) is 11.7 Å². The van der Waals surface area contributed by atoms with Gasteiger partial charge in [0.1, 0.15) is 16.3 Å². The van der Waals surface area contributed by atoms with Crippen molar-refractivity contribution in [2.45, 2.75) is 51.5 Å². The Morgan fingerprint density at radius 1 is 1.24 bits per heavy atom. The molecule has 2 atom stereocenters. The number of ether oxygens (including phenoxy) is 1. The number of hydrogen-bond acceptors (Lipinski definition) is 4. The first-order chi connectivity index (χ1) is 15.3. The molecule has 1 aromatic heterocycles. The van der Waals surface area contributed by atoms with Crippen molar-refractivity contribution in [2.75, 3.05) is 7.11 Å². The first-order valence-corrected chi connectivity index (χ1v) is 12.1. The predicted molar refractivity (Wildman–Crippen MR) is 142 cm³/mol. The molecule has 1 fully saturated rings. The van der Waals surface area contributed by atoms with Crippen LogP contribution in [0.4, 0.5) is 0 Å². The van der Waals surface area contributed by atoms with Gasteiger partial charge in [0.15, 0.2) is 0 Å². The van der Waals surface area contributed by atoms with E-state index in [2.05, 4.69) is 37.1 Å². The lowest BCUT2D eigenvalue weighted by Crippen LogP contribution is -2.41. The van der Waals surface area contributed by atoms with E-state index in [9.17, 15) is 0 Å². The van der Waals surface area contributed by atoms with Crippen LogP contribution in [-0.2, 0) is 5.54 Å². The van der Waals surface area contributed by atoms with Gasteiger partial charge in [-0.25, -0.2) is 4.98 Å². The molecule has 0 spiro atoms. The largest absolute Gasteiger partial charge is 0.496 e. The fourth-order valence-electron chi connectivity index (χ4n) is 4.27. The predicted octanol–water partition coefficient (Wildman–Crippen LogP) is 7.19. The molecule has 3 aromatic rings. The molecule has 0 saturated heterocycles. The molecule has 1 saturated carbocycles. The topological polar surface area (TPSA) is 48.1 Å². The second-order valence-electron chi connectivity index (χ2n) is 8.88. The van der Waals surface area contributed by atoms with Crippen LogP contribution in [0.3, 0.4) is 0 Å². The maximum atomic E-state index is 7.04. The Labute approximate surface area is 212 Å². The zero-order valence-corrected chi connectivity index (χ0v) is 21.8. The van der Waals surface area contributed by atoms with E-state index in [1.807, 2.05) is 26.0 Å². The highest BCUT2D eigenvalue weighted by Gasteiger charge is 2.42. The summed E-state index contributed by atoms with van der Waals surface area (Å²) in [6, 6.07) is 12.4. The average molecular weight is 502 g/mol. The number of methoxy groups -OCH3 is 1. The fraction of sp³-hybridized carbons (Fsp3) is 0.370. The smallest absolute Gasteiger partial charge is 0.136 e. The molecule has 174 valence electrons. The molecule has 2 aromatic carbocycles. The lowest BCUT2D eigenvalue weighted by Gasteiger charge is -2.32. The first-order valence-electron chi connectivity index (χ1n) is 10.9. The second-order valence-corrected chi connectivity index (χ2v) is 10.5. The highest BCUT2D eigenvalue weighted by atomic mass is 35.5. The SMILES string of the molecule is C#CC(N)(c1nc(-c2cc(C)c(OC)cc2Cl)c(C)s1)[C@@H](CC1CC1)c1ccc(C)cc1.Cl. The monoisotopic (exact) mass is 500 g/mol. The first kappa shape index (κ1) is 25.6. The third-order valence-electron chi connectivity index (χ3n) is 6.42. The van der Waals surface area contributed by atoms with E-state index in [1.54, 1.807) is 18.4 Å². The Bertz CT molecular complexity index is 1180.